The number of anilines is 1. The van der Waals surface area contributed by atoms with Crippen molar-refractivity contribution >= 4 is 23.0 Å². The van der Waals surface area contributed by atoms with E-state index in [1.54, 1.807) is 7.11 Å². The van der Waals surface area contributed by atoms with E-state index in [0.29, 0.717) is 6.04 Å². The van der Waals surface area contributed by atoms with Gasteiger partial charge in [0, 0.05) is 24.8 Å². The molecule has 1 aromatic rings. The highest BCUT2D eigenvalue weighted by Crippen LogP contribution is 2.23. The first-order valence-electron chi connectivity index (χ1n) is 6.88. The van der Waals surface area contributed by atoms with Crippen LogP contribution < -0.4 is 10.1 Å². The molecule has 2 rings (SSSR count). The Morgan fingerprint density at radius 3 is 2.74 bits per heavy atom. The van der Waals surface area contributed by atoms with E-state index < -0.39 is 0 Å². The molecule has 3 nitrogen and oxygen atoms in total. The highest BCUT2D eigenvalue weighted by atomic mass is 32.1. The summed E-state index contributed by atoms with van der Waals surface area (Å²) >= 11 is 5.49. The summed E-state index contributed by atoms with van der Waals surface area (Å²) in [5.41, 5.74) is 0.979. The molecule has 1 N–H and O–H groups in total. The second-order valence-corrected chi connectivity index (χ2v) is 5.45. The number of benzene rings is 1. The number of methoxy groups -OCH3 is 1. The van der Waals surface area contributed by atoms with Gasteiger partial charge in [-0.15, -0.1) is 0 Å². The summed E-state index contributed by atoms with van der Waals surface area (Å²) in [6.07, 6.45) is 6.49. The van der Waals surface area contributed by atoms with Crippen LogP contribution in [0.1, 0.15) is 32.1 Å². The van der Waals surface area contributed by atoms with Crippen molar-refractivity contribution in [1.82, 2.24) is 4.90 Å². The molecular weight excluding hydrogens is 256 g/mol. The molecule has 1 aliphatic carbocycles. The Balaban J connectivity index is 1.95. The van der Waals surface area contributed by atoms with Crippen molar-refractivity contribution in [1.29, 1.82) is 0 Å². The van der Waals surface area contributed by atoms with E-state index >= 15 is 0 Å². The summed E-state index contributed by atoms with van der Waals surface area (Å²) in [4.78, 5) is 2.20. The molecule has 0 aliphatic heterocycles. The molecular formula is C15H22N2OS. The van der Waals surface area contributed by atoms with Crippen molar-refractivity contribution in [3.63, 3.8) is 0 Å². The van der Waals surface area contributed by atoms with Crippen molar-refractivity contribution in [3.05, 3.63) is 24.3 Å². The zero-order chi connectivity index (χ0) is 13.7. The van der Waals surface area contributed by atoms with Crippen LogP contribution in [0, 0.1) is 0 Å². The molecule has 0 aromatic heterocycles. The fourth-order valence-corrected chi connectivity index (χ4v) is 2.81. The minimum Gasteiger partial charge on any atom is -0.497 e. The Hall–Kier alpha value is -1.29. The van der Waals surface area contributed by atoms with Gasteiger partial charge in [0.05, 0.1) is 7.11 Å². The fraction of sp³-hybridized carbons (Fsp3) is 0.533. The number of nitrogens with zero attached hydrogens (tertiary/aromatic N) is 1. The number of ether oxygens (including phenoxy) is 1. The molecule has 4 heteroatoms. The van der Waals surface area contributed by atoms with E-state index in [0.717, 1.165) is 16.5 Å². The molecule has 0 heterocycles. The summed E-state index contributed by atoms with van der Waals surface area (Å²) in [6, 6.07) is 8.44. The van der Waals surface area contributed by atoms with Gasteiger partial charge >= 0.3 is 0 Å². The van der Waals surface area contributed by atoms with Crippen molar-refractivity contribution < 1.29 is 4.74 Å². The van der Waals surface area contributed by atoms with Gasteiger partial charge in [-0.25, -0.2) is 0 Å². The molecule has 19 heavy (non-hydrogen) atoms. The SMILES string of the molecule is COc1cccc(NC(=S)N(C)C2CCCCC2)c1. The predicted octanol–water partition coefficient (Wildman–Crippen LogP) is 3.66. The molecule has 0 atom stereocenters. The first-order chi connectivity index (χ1) is 9.20. The van der Waals surface area contributed by atoms with Gasteiger partial charge in [-0.1, -0.05) is 25.3 Å². The average molecular weight is 278 g/mol. The monoisotopic (exact) mass is 278 g/mol. The summed E-state index contributed by atoms with van der Waals surface area (Å²) < 4.78 is 5.22. The third-order valence-corrected chi connectivity index (χ3v) is 4.15. The quantitative estimate of drug-likeness (QED) is 0.853. The molecule has 0 spiro atoms. The number of thiocarbonyl (C=S) groups is 1. The molecule has 1 aromatic carbocycles. The highest BCUT2D eigenvalue weighted by molar-refractivity contribution is 7.80. The number of rotatable bonds is 3. The van der Waals surface area contributed by atoms with E-state index in [1.807, 2.05) is 24.3 Å². The third kappa shape index (κ3) is 3.83. The first-order valence-corrected chi connectivity index (χ1v) is 7.29. The topological polar surface area (TPSA) is 24.5 Å². The standard InChI is InChI=1S/C15H22N2OS/c1-17(13-8-4-3-5-9-13)15(19)16-12-7-6-10-14(11-12)18-2/h6-7,10-11,13H,3-5,8-9H2,1-2H3,(H,16,19). The second kappa shape index (κ2) is 6.75. The summed E-state index contributed by atoms with van der Waals surface area (Å²) in [7, 11) is 3.76. The highest BCUT2D eigenvalue weighted by Gasteiger charge is 2.19. The summed E-state index contributed by atoms with van der Waals surface area (Å²) in [5, 5.41) is 4.08. The Morgan fingerprint density at radius 1 is 1.32 bits per heavy atom. The Morgan fingerprint density at radius 2 is 2.05 bits per heavy atom. The van der Waals surface area contributed by atoms with Gasteiger partial charge in [0.1, 0.15) is 5.75 Å². The maximum absolute atomic E-state index is 5.49. The van der Waals surface area contributed by atoms with Crippen molar-refractivity contribution in [2.75, 3.05) is 19.5 Å². The maximum atomic E-state index is 5.49. The molecule has 1 fully saturated rings. The lowest BCUT2D eigenvalue weighted by Crippen LogP contribution is -2.40. The van der Waals surface area contributed by atoms with Crippen LogP contribution in [0.4, 0.5) is 5.69 Å². The smallest absolute Gasteiger partial charge is 0.173 e. The van der Waals surface area contributed by atoms with Gasteiger partial charge in [0.15, 0.2) is 5.11 Å². The number of hydrogen-bond acceptors (Lipinski definition) is 2. The lowest BCUT2D eigenvalue weighted by molar-refractivity contribution is 0.281. The largest absolute Gasteiger partial charge is 0.497 e. The van der Waals surface area contributed by atoms with Crippen molar-refractivity contribution in [3.8, 4) is 5.75 Å². The summed E-state index contributed by atoms with van der Waals surface area (Å²) in [5.74, 6) is 0.841. The summed E-state index contributed by atoms with van der Waals surface area (Å²) in [6.45, 7) is 0. The van der Waals surface area contributed by atoms with Crippen LogP contribution in [0.15, 0.2) is 24.3 Å². The van der Waals surface area contributed by atoms with Gasteiger partial charge in [0.25, 0.3) is 0 Å². The minimum absolute atomic E-state index is 0.583. The Bertz CT molecular complexity index is 430. The zero-order valence-electron chi connectivity index (χ0n) is 11.7. The van der Waals surface area contributed by atoms with Crippen LogP contribution in [0.5, 0.6) is 5.75 Å². The Kier molecular flexibility index (Phi) is 5.02. The lowest BCUT2D eigenvalue weighted by atomic mass is 9.95. The van der Waals surface area contributed by atoms with Crippen LogP contribution in [0.3, 0.4) is 0 Å². The molecule has 1 aliphatic rings. The van der Waals surface area contributed by atoms with Gasteiger partial charge < -0.3 is 15.0 Å². The second-order valence-electron chi connectivity index (χ2n) is 5.06. The van der Waals surface area contributed by atoms with Crippen molar-refractivity contribution in [2.24, 2.45) is 0 Å². The van der Waals surface area contributed by atoms with Crippen LogP contribution in [0.2, 0.25) is 0 Å². The fourth-order valence-electron chi connectivity index (χ4n) is 2.55. The van der Waals surface area contributed by atoms with E-state index in [1.165, 1.54) is 32.1 Å². The molecule has 0 radical (unpaired) electrons. The van der Waals surface area contributed by atoms with E-state index in [-0.39, 0.29) is 0 Å². The van der Waals surface area contributed by atoms with E-state index in [2.05, 4.69) is 17.3 Å². The minimum atomic E-state index is 0.583. The number of nitrogens with one attached hydrogen (secondary N) is 1. The van der Waals surface area contributed by atoms with E-state index in [9.17, 15) is 0 Å². The maximum Gasteiger partial charge on any atom is 0.173 e. The van der Waals surface area contributed by atoms with Gasteiger partial charge in [-0.05, 0) is 37.2 Å². The van der Waals surface area contributed by atoms with Gasteiger partial charge in [-0.3, -0.25) is 0 Å². The third-order valence-electron chi connectivity index (χ3n) is 3.76. The predicted molar refractivity (Wildman–Crippen MR) is 83.9 cm³/mol. The normalized spacial score (nSPS) is 15.9. The van der Waals surface area contributed by atoms with Crippen molar-refractivity contribution in [2.45, 2.75) is 38.1 Å². The molecule has 0 amide bonds. The molecule has 0 saturated heterocycles. The zero-order valence-corrected chi connectivity index (χ0v) is 12.5. The van der Waals surface area contributed by atoms with Gasteiger partial charge in [-0.2, -0.15) is 0 Å². The van der Waals surface area contributed by atoms with Gasteiger partial charge in [0.2, 0.25) is 0 Å². The average Bonchev–Trinajstić information content (AvgIpc) is 2.47. The van der Waals surface area contributed by atoms with Crippen LogP contribution >= 0.6 is 12.2 Å². The molecule has 0 bridgehead atoms. The Labute approximate surface area is 120 Å². The van der Waals surface area contributed by atoms with Crippen LogP contribution in [-0.2, 0) is 0 Å². The van der Waals surface area contributed by atoms with Crippen LogP contribution in [-0.4, -0.2) is 30.2 Å². The van der Waals surface area contributed by atoms with E-state index in [4.69, 9.17) is 17.0 Å². The molecule has 104 valence electrons. The number of hydrogen-bond donors (Lipinski definition) is 1. The van der Waals surface area contributed by atoms with Crippen LogP contribution in [0.25, 0.3) is 0 Å². The molecule has 1 saturated carbocycles. The molecule has 0 unspecified atom stereocenters. The first kappa shape index (κ1) is 14.1. The lowest BCUT2D eigenvalue weighted by Gasteiger charge is -2.33.